The minimum absolute atomic E-state index is 0.0798. The Morgan fingerprint density at radius 1 is 0.846 bits per heavy atom. The SMILES string of the molecule is COc1ccc(OC)c(S(=O)(=O)N/N=C/c2ccc(OC)c(OC)c2)c1. The number of hydrogen-bond acceptors (Lipinski definition) is 7. The molecule has 0 unspecified atom stereocenters. The van der Waals surface area contributed by atoms with Gasteiger partial charge in [0.05, 0.1) is 34.7 Å². The van der Waals surface area contributed by atoms with E-state index in [4.69, 9.17) is 18.9 Å². The molecule has 0 saturated heterocycles. The van der Waals surface area contributed by atoms with E-state index in [0.29, 0.717) is 22.8 Å². The van der Waals surface area contributed by atoms with Gasteiger partial charge in [-0.2, -0.15) is 18.4 Å². The highest BCUT2D eigenvalue weighted by Gasteiger charge is 2.20. The number of hydrogen-bond donors (Lipinski definition) is 1. The second-order valence-electron chi connectivity index (χ2n) is 4.98. The number of methoxy groups -OCH3 is 4. The molecule has 2 rings (SSSR count). The van der Waals surface area contributed by atoms with E-state index in [1.165, 1.54) is 46.8 Å². The van der Waals surface area contributed by atoms with Crippen LogP contribution >= 0.6 is 0 Å². The number of hydrazone groups is 1. The lowest BCUT2D eigenvalue weighted by Gasteiger charge is -2.10. The van der Waals surface area contributed by atoms with Gasteiger partial charge in [-0.1, -0.05) is 0 Å². The van der Waals surface area contributed by atoms with Gasteiger partial charge in [-0.3, -0.25) is 0 Å². The van der Waals surface area contributed by atoms with Crippen LogP contribution in [0.3, 0.4) is 0 Å². The summed E-state index contributed by atoms with van der Waals surface area (Å²) < 4.78 is 45.5. The molecule has 0 amide bonds. The van der Waals surface area contributed by atoms with Gasteiger partial charge in [-0.15, -0.1) is 0 Å². The lowest BCUT2D eigenvalue weighted by Crippen LogP contribution is -2.19. The van der Waals surface area contributed by atoms with Crippen molar-refractivity contribution < 1.29 is 27.4 Å². The van der Waals surface area contributed by atoms with Crippen molar-refractivity contribution in [2.45, 2.75) is 4.90 Å². The first-order valence-corrected chi connectivity index (χ1v) is 8.92. The minimum Gasteiger partial charge on any atom is -0.497 e. The summed E-state index contributed by atoms with van der Waals surface area (Å²) >= 11 is 0. The van der Waals surface area contributed by atoms with Crippen LogP contribution in [-0.4, -0.2) is 43.1 Å². The van der Waals surface area contributed by atoms with E-state index in [-0.39, 0.29) is 10.6 Å². The maximum atomic E-state index is 12.5. The largest absolute Gasteiger partial charge is 0.497 e. The summed E-state index contributed by atoms with van der Waals surface area (Å²) in [7, 11) is 1.92. The van der Waals surface area contributed by atoms with Crippen molar-refractivity contribution in [3.05, 3.63) is 42.0 Å². The molecule has 0 aliphatic carbocycles. The van der Waals surface area contributed by atoms with E-state index < -0.39 is 10.0 Å². The molecule has 2 aromatic rings. The van der Waals surface area contributed by atoms with Crippen LogP contribution in [0.5, 0.6) is 23.0 Å². The van der Waals surface area contributed by atoms with Crippen molar-refractivity contribution in [1.29, 1.82) is 0 Å². The van der Waals surface area contributed by atoms with Crippen molar-refractivity contribution in [2.75, 3.05) is 28.4 Å². The topological polar surface area (TPSA) is 95.5 Å². The van der Waals surface area contributed by atoms with Gasteiger partial charge in [0.2, 0.25) is 0 Å². The Bertz CT molecular complexity index is 896. The molecule has 26 heavy (non-hydrogen) atoms. The van der Waals surface area contributed by atoms with Crippen LogP contribution in [0.25, 0.3) is 0 Å². The molecular weight excluding hydrogens is 360 g/mol. The Morgan fingerprint density at radius 3 is 2.12 bits per heavy atom. The summed E-state index contributed by atoms with van der Waals surface area (Å²) in [5.41, 5.74) is 0.628. The number of ether oxygens (including phenoxy) is 4. The zero-order valence-electron chi connectivity index (χ0n) is 14.8. The lowest BCUT2D eigenvalue weighted by molar-refractivity contribution is 0.355. The normalized spacial score (nSPS) is 11.2. The van der Waals surface area contributed by atoms with Gasteiger partial charge in [0.1, 0.15) is 16.4 Å². The molecule has 2 aromatic carbocycles. The van der Waals surface area contributed by atoms with Crippen molar-refractivity contribution in [3.63, 3.8) is 0 Å². The van der Waals surface area contributed by atoms with Crippen LogP contribution in [0, 0.1) is 0 Å². The Kier molecular flexibility index (Phi) is 6.29. The zero-order valence-corrected chi connectivity index (χ0v) is 15.7. The third-order valence-electron chi connectivity index (χ3n) is 3.45. The van der Waals surface area contributed by atoms with Crippen LogP contribution in [0.15, 0.2) is 46.4 Å². The van der Waals surface area contributed by atoms with Crippen LogP contribution in [0.1, 0.15) is 5.56 Å². The van der Waals surface area contributed by atoms with E-state index in [1.54, 1.807) is 24.3 Å². The van der Waals surface area contributed by atoms with E-state index in [1.807, 2.05) is 0 Å². The molecule has 0 aliphatic rings. The minimum atomic E-state index is -3.94. The summed E-state index contributed by atoms with van der Waals surface area (Å²) in [5.74, 6) is 1.63. The molecule has 0 spiro atoms. The van der Waals surface area contributed by atoms with Crippen molar-refractivity contribution in [2.24, 2.45) is 5.10 Å². The smallest absolute Gasteiger partial charge is 0.280 e. The quantitative estimate of drug-likeness (QED) is 0.556. The first-order chi connectivity index (χ1) is 12.4. The summed E-state index contributed by atoms with van der Waals surface area (Å²) in [6.45, 7) is 0. The zero-order chi connectivity index (χ0) is 19.2. The monoisotopic (exact) mass is 380 g/mol. The van der Waals surface area contributed by atoms with Crippen molar-refractivity contribution in [1.82, 2.24) is 4.83 Å². The average Bonchev–Trinajstić information content (AvgIpc) is 2.67. The molecule has 0 atom stereocenters. The second kappa shape index (κ2) is 8.43. The Labute approximate surface area is 152 Å². The predicted molar refractivity (Wildman–Crippen MR) is 97.0 cm³/mol. The fraction of sp³-hybridized carbons (Fsp3) is 0.235. The van der Waals surface area contributed by atoms with Gasteiger partial charge in [0, 0.05) is 6.07 Å². The Morgan fingerprint density at radius 2 is 1.50 bits per heavy atom. The maximum Gasteiger partial charge on any atom is 0.280 e. The van der Waals surface area contributed by atoms with Gasteiger partial charge in [0.25, 0.3) is 10.0 Å². The first kappa shape index (κ1) is 19.4. The number of sulfonamides is 1. The van der Waals surface area contributed by atoms with Crippen molar-refractivity contribution >= 4 is 16.2 Å². The molecule has 0 aromatic heterocycles. The van der Waals surface area contributed by atoms with E-state index in [2.05, 4.69) is 9.93 Å². The molecule has 8 nitrogen and oxygen atoms in total. The van der Waals surface area contributed by atoms with E-state index in [0.717, 1.165) is 0 Å². The molecule has 9 heteroatoms. The predicted octanol–water partition coefficient (Wildman–Crippen LogP) is 2.03. The van der Waals surface area contributed by atoms with E-state index >= 15 is 0 Å². The van der Waals surface area contributed by atoms with Crippen molar-refractivity contribution in [3.8, 4) is 23.0 Å². The fourth-order valence-corrected chi connectivity index (χ4v) is 3.12. The van der Waals surface area contributed by atoms with Crippen LogP contribution in [-0.2, 0) is 10.0 Å². The molecule has 0 aliphatic heterocycles. The summed E-state index contributed by atoms with van der Waals surface area (Å²) in [6.07, 6.45) is 1.35. The number of nitrogens with one attached hydrogen (secondary N) is 1. The van der Waals surface area contributed by atoms with Crippen LogP contribution in [0.2, 0.25) is 0 Å². The molecule has 0 bridgehead atoms. The number of nitrogens with zero attached hydrogens (tertiary/aromatic N) is 1. The van der Waals surface area contributed by atoms with Gasteiger partial charge in [0.15, 0.2) is 11.5 Å². The average molecular weight is 380 g/mol. The third kappa shape index (κ3) is 4.37. The van der Waals surface area contributed by atoms with Crippen LogP contribution in [0.4, 0.5) is 0 Å². The maximum absolute atomic E-state index is 12.5. The lowest BCUT2D eigenvalue weighted by atomic mass is 10.2. The molecule has 1 N–H and O–H groups in total. The van der Waals surface area contributed by atoms with Gasteiger partial charge in [-0.05, 0) is 35.9 Å². The number of benzene rings is 2. The summed E-state index contributed by atoms with van der Waals surface area (Å²) in [4.78, 5) is 2.07. The van der Waals surface area contributed by atoms with Gasteiger partial charge < -0.3 is 18.9 Å². The second-order valence-corrected chi connectivity index (χ2v) is 6.61. The Hall–Kier alpha value is -2.94. The highest BCUT2D eigenvalue weighted by Crippen LogP contribution is 2.28. The van der Waals surface area contributed by atoms with E-state index in [9.17, 15) is 8.42 Å². The molecule has 0 heterocycles. The fourth-order valence-electron chi connectivity index (χ4n) is 2.15. The highest BCUT2D eigenvalue weighted by molar-refractivity contribution is 7.89. The van der Waals surface area contributed by atoms with Gasteiger partial charge >= 0.3 is 0 Å². The molecular formula is C17H20N2O6S. The molecule has 0 radical (unpaired) electrons. The van der Waals surface area contributed by atoms with Crippen LogP contribution < -0.4 is 23.8 Å². The third-order valence-corrected chi connectivity index (χ3v) is 4.70. The molecule has 0 saturated carbocycles. The van der Waals surface area contributed by atoms with Gasteiger partial charge in [-0.25, -0.2) is 0 Å². The Balaban J connectivity index is 2.24. The summed E-state index contributed by atoms with van der Waals surface area (Å²) in [5, 5.41) is 3.80. The summed E-state index contributed by atoms with van der Waals surface area (Å²) in [6, 6.07) is 9.54. The molecule has 140 valence electrons. The molecule has 0 fully saturated rings. The standard InChI is InChI=1S/C17H20N2O6S/c1-22-13-6-8-15(24-3)17(10-13)26(20,21)19-18-11-12-5-7-14(23-2)16(9-12)25-4/h5-11,19H,1-4H3/b18-11+. The highest BCUT2D eigenvalue weighted by atomic mass is 32.2. The first-order valence-electron chi connectivity index (χ1n) is 7.44. The number of rotatable bonds is 8.